The molecule has 0 unspecified atom stereocenters. The topological polar surface area (TPSA) is 108 Å². The monoisotopic (exact) mass is 341 g/mol. The van der Waals surface area contributed by atoms with E-state index in [2.05, 4.69) is 30.7 Å². The fourth-order valence-electron chi connectivity index (χ4n) is 1.86. The standard InChI is InChI=1S/C14H11N7O2S/c1-21-13(17-19-20-21)12(10-5-3-2-4-6-10)18-23-7-11-8-24-14(16-11)15-9-22/h2-6,8H,7H2,1H3/b18-12-. The molecular weight excluding hydrogens is 330 g/mol. The highest BCUT2D eigenvalue weighted by Crippen LogP contribution is 2.18. The third kappa shape index (κ3) is 3.57. The summed E-state index contributed by atoms with van der Waals surface area (Å²) in [6, 6.07) is 9.45. The first-order valence-corrected chi connectivity index (χ1v) is 7.66. The van der Waals surface area contributed by atoms with Gasteiger partial charge in [0.1, 0.15) is 0 Å². The van der Waals surface area contributed by atoms with Crippen molar-refractivity contribution in [2.45, 2.75) is 6.61 Å². The number of aromatic nitrogens is 5. The third-order valence-electron chi connectivity index (χ3n) is 2.93. The lowest BCUT2D eigenvalue weighted by atomic mass is 10.1. The fraction of sp³-hybridized carbons (Fsp3) is 0.143. The molecular formula is C14H11N7O2S. The fourth-order valence-corrected chi connectivity index (χ4v) is 2.49. The van der Waals surface area contributed by atoms with Crippen LogP contribution in [0, 0.1) is 0 Å². The summed E-state index contributed by atoms with van der Waals surface area (Å²) >= 11 is 1.22. The van der Waals surface area contributed by atoms with Gasteiger partial charge in [-0.25, -0.2) is 14.5 Å². The van der Waals surface area contributed by atoms with E-state index < -0.39 is 0 Å². The van der Waals surface area contributed by atoms with Gasteiger partial charge in [-0.1, -0.05) is 35.5 Å². The average Bonchev–Trinajstić information content (AvgIpc) is 3.22. The summed E-state index contributed by atoms with van der Waals surface area (Å²) in [5.41, 5.74) is 1.94. The van der Waals surface area contributed by atoms with Gasteiger partial charge in [0.15, 0.2) is 12.3 Å². The second kappa shape index (κ2) is 7.36. The van der Waals surface area contributed by atoms with Gasteiger partial charge >= 0.3 is 0 Å². The molecule has 3 aromatic rings. The average molecular weight is 341 g/mol. The lowest BCUT2D eigenvalue weighted by Crippen LogP contribution is -2.12. The second-order valence-electron chi connectivity index (χ2n) is 4.53. The Labute approximate surface area is 140 Å². The van der Waals surface area contributed by atoms with Gasteiger partial charge in [-0.15, -0.1) is 21.4 Å². The quantitative estimate of drug-likeness (QED) is 0.383. The van der Waals surface area contributed by atoms with E-state index in [9.17, 15) is 4.79 Å². The number of hydrogen-bond acceptors (Lipinski definition) is 9. The molecule has 0 radical (unpaired) electrons. The summed E-state index contributed by atoms with van der Waals surface area (Å²) in [5.74, 6) is 0.478. The second-order valence-corrected chi connectivity index (χ2v) is 5.37. The van der Waals surface area contributed by atoms with Crippen LogP contribution in [0.1, 0.15) is 17.1 Å². The molecule has 2 aromatic heterocycles. The zero-order valence-electron chi connectivity index (χ0n) is 12.5. The summed E-state index contributed by atoms with van der Waals surface area (Å²) in [7, 11) is 1.72. The van der Waals surface area contributed by atoms with E-state index in [0.29, 0.717) is 22.4 Å². The van der Waals surface area contributed by atoms with E-state index in [1.54, 1.807) is 12.4 Å². The van der Waals surface area contributed by atoms with E-state index in [1.807, 2.05) is 30.3 Å². The maximum atomic E-state index is 10.2. The van der Waals surface area contributed by atoms with Crippen molar-refractivity contribution in [2.24, 2.45) is 17.2 Å². The van der Waals surface area contributed by atoms with Crippen LogP contribution in [0.5, 0.6) is 0 Å². The highest BCUT2D eigenvalue weighted by Gasteiger charge is 2.14. The van der Waals surface area contributed by atoms with Crippen LogP contribution in [0.4, 0.5) is 5.13 Å². The Bertz CT molecular complexity index is 897. The van der Waals surface area contributed by atoms with Crippen molar-refractivity contribution in [1.82, 2.24) is 25.2 Å². The van der Waals surface area contributed by atoms with E-state index in [1.165, 1.54) is 22.1 Å². The molecule has 24 heavy (non-hydrogen) atoms. The molecule has 0 aliphatic rings. The van der Waals surface area contributed by atoms with Gasteiger partial charge in [0.25, 0.3) is 0 Å². The summed E-state index contributed by atoms with van der Waals surface area (Å²) in [4.78, 5) is 23.1. The SMILES string of the molecule is Cn1nnnc1/C(=N\OCc1csc(N=C=O)n1)c1ccccc1. The Hall–Kier alpha value is -3.23. The lowest BCUT2D eigenvalue weighted by Gasteiger charge is -2.05. The lowest BCUT2D eigenvalue weighted by molar-refractivity contribution is 0.128. The van der Waals surface area contributed by atoms with E-state index in [4.69, 9.17) is 4.84 Å². The number of carbonyl (C=O) groups excluding carboxylic acids is 1. The zero-order valence-corrected chi connectivity index (χ0v) is 13.3. The Morgan fingerprint density at radius 1 is 1.38 bits per heavy atom. The van der Waals surface area contributed by atoms with Crippen LogP contribution < -0.4 is 0 Å². The van der Waals surface area contributed by atoms with Gasteiger partial charge in [0.2, 0.25) is 17.0 Å². The minimum atomic E-state index is 0.131. The molecule has 0 amide bonds. The van der Waals surface area contributed by atoms with Crippen LogP contribution in [0.2, 0.25) is 0 Å². The molecule has 0 saturated heterocycles. The molecule has 0 spiro atoms. The Kier molecular flexibility index (Phi) is 4.80. The van der Waals surface area contributed by atoms with Crippen molar-refractivity contribution >= 4 is 28.3 Å². The number of aliphatic imine (C=N–C) groups is 1. The molecule has 120 valence electrons. The highest BCUT2D eigenvalue weighted by molar-refractivity contribution is 7.13. The summed E-state index contributed by atoms with van der Waals surface area (Å²) in [6.45, 7) is 0.131. The molecule has 0 saturated carbocycles. The molecule has 9 nitrogen and oxygen atoms in total. The largest absolute Gasteiger partial charge is 0.389 e. The number of aryl methyl sites for hydroxylation is 1. The molecule has 0 fully saturated rings. The van der Waals surface area contributed by atoms with Crippen molar-refractivity contribution < 1.29 is 9.63 Å². The number of rotatable bonds is 6. The first kappa shape index (κ1) is 15.7. The van der Waals surface area contributed by atoms with Gasteiger partial charge in [-0.05, 0) is 10.4 Å². The van der Waals surface area contributed by atoms with E-state index in [-0.39, 0.29) is 6.61 Å². The molecule has 0 aliphatic heterocycles. The predicted octanol–water partition coefficient (Wildman–Crippen LogP) is 1.60. The van der Waals surface area contributed by atoms with Crippen LogP contribution in [0.15, 0.2) is 45.9 Å². The maximum absolute atomic E-state index is 10.2. The zero-order chi connectivity index (χ0) is 16.8. The normalized spacial score (nSPS) is 11.1. The van der Waals surface area contributed by atoms with Crippen LogP contribution in [0.25, 0.3) is 0 Å². The van der Waals surface area contributed by atoms with Crippen LogP contribution in [-0.2, 0) is 23.3 Å². The number of tetrazole rings is 1. The number of hydrogen-bond donors (Lipinski definition) is 0. The Morgan fingerprint density at radius 2 is 2.21 bits per heavy atom. The van der Waals surface area contributed by atoms with E-state index >= 15 is 0 Å². The van der Waals surface area contributed by atoms with Crippen LogP contribution >= 0.6 is 11.3 Å². The molecule has 0 bridgehead atoms. The van der Waals surface area contributed by atoms with Gasteiger partial charge < -0.3 is 4.84 Å². The van der Waals surface area contributed by atoms with E-state index in [0.717, 1.165) is 5.56 Å². The van der Waals surface area contributed by atoms with Crippen molar-refractivity contribution in [3.05, 3.63) is 52.8 Å². The molecule has 0 aliphatic carbocycles. The van der Waals surface area contributed by atoms with Gasteiger partial charge in [0.05, 0.1) is 5.69 Å². The molecule has 10 heteroatoms. The molecule has 3 rings (SSSR count). The summed E-state index contributed by atoms with van der Waals surface area (Å²) < 4.78 is 1.51. The van der Waals surface area contributed by atoms with Crippen molar-refractivity contribution in [1.29, 1.82) is 0 Å². The van der Waals surface area contributed by atoms with Gasteiger partial charge in [-0.3, -0.25) is 0 Å². The first-order valence-electron chi connectivity index (χ1n) is 6.78. The minimum absolute atomic E-state index is 0.131. The van der Waals surface area contributed by atoms with Crippen molar-refractivity contribution in [2.75, 3.05) is 0 Å². The number of nitrogens with zero attached hydrogens (tertiary/aromatic N) is 7. The first-order chi connectivity index (χ1) is 11.8. The summed E-state index contributed by atoms with van der Waals surface area (Å²) in [6.07, 6.45) is 1.45. The Morgan fingerprint density at radius 3 is 2.92 bits per heavy atom. The van der Waals surface area contributed by atoms with Crippen molar-refractivity contribution in [3.8, 4) is 0 Å². The summed E-state index contributed by atoms with van der Waals surface area (Å²) in [5, 5.41) is 17.6. The predicted molar refractivity (Wildman–Crippen MR) is 85.6 cm³/mol. The molecule has 0 atom stereocenters. The number of isocyanates is 1. The Balaban J connectivity index is 1.81. The van der Waals surface area contributed by atoms with Crippen LogP contribution in [0.3, 0.4) is 0 Å². The smallest absolute Gasteiger partial charge is 0.242 e. The third-order valence-corrected chi connectivity index (χ3v) is 3.71. The number of oxime groups is 1. The molecule has 2 heterocycles. The highest BCUT2D eigenvalue weighted by atomic mass is 32.1. The maximum Gasteiger partial charge on any atom is 0.242 e. The molecule has 1 aromatic carbocycles. The van der Waals surface area contributed by atoms with Gasteiger partial charge in [-0.2, -0.15) is 0 Å². The molecule has 0 N–H and O–H groups in total. The van der Waals surface area contributed by atoms with Crippen LogP contribution in [-0.4, -0.2) is 37.0 Å². The van der Waals surface area contributed by atoms with Gasteiger partial charge in [0, 0.05) is 18.0 Å². The van der Waals surface area contributed by atoms with Crippen molar-refractivity contribution in [3.63, 3.8) is 0 Å². The number of thiazole rings is 1. The number of benzene rings is 1. The minimum Gasteiger partial charge on any atom is -0.389 e.